The molecule has 0 bridgehead atoms. The van der Waals surface area contributed by atoms with Gasteiger partial charge in [-0.2, -0.15) is 5.26 Å². The Morgan fingerprint density at radius 1 is 1.29 bits per heavy atom. The van der Waals surface area contributed by atoms with Crippen molar-refractivity contribution in [1.29, 1.82) is 5.26 Å². The van der Waals surface area contributed by atoms with Crippen LogP contribution in [0.3, 0.4) is 0 Å². The molecule has 2 aromatic rings. The number of aromatic nitrogens is 1. The molecule has 2 rings (SSSR count). The monoisotopic (exact) mass is 282 g/mol. The predicted octanol–water partition coefficient (Wildman–Crippen LogP) is 2.74. The van der Waals surface area contributed by atoms with Gasteiger partial charge in [0.1, 0.15) is 18.4 Å². The van der Waals surface area contributed by atoms with Gasteiger partial charge in [-0.1, -0.05) is 0 Å². The molecule has 0 aliphatic rings. The van der Waals surface area contributed by atoms with Crippen LogP contribution in [0.1, 0.15) is 28.5 Å². The second-order valence-corrected chi connectivity index (χ2v) is 4.37. The van der Waals surface area contributed by atoms with Crippen molar-refractivity contribution in [3.63, 3.8) is 0 Å². The lowest BCUT2D eigenvalue weighted by atomic mass is 10.1. The molecule has 0 unspecified atom stereocenters. The van der Waals surface area contributed by atoms with E-state index in [0.717, 1.165) is 5.56 Å². The summed E-state index contributed by atoms with van der Waals surface area (Å²) in [4.78, 5) is 15.2. The van der Waals surface area contributed by atoms with E-state index >= 15 is 0 Å². The fourth-order valence-electron chi connectivity index (χ4n) is 1.79. The number of methoxy groups -OCH3 is 1. The maximum atomic E-state index is 11.3. The highest BCUT2D eigenvalue weighted by atomic mass is 16.5. The second-order valence-electron chi connectivity index (χ2n) is 4.37. The normalized spacial score (nSPS) is 9.76. The van der Waals surface area contributed by atoms with Crippen LogP contribution in [0.2, 0.25) is 0 Å². The number of benzene rings is 1. The van der Waals surface area contributed by atoms with E-state index < -0.39 is 0 Å². The zero-order chi connectivity index (χ0) is 15.2. The first-order valence-corrected chi connectivity index (χ1v) is 6.31. The lowest BCUT2D eigenvalue weighted by molar-refractivity contribution is 0.101. The van der Waals surface area contributed by atoms with Crippen LogP contribution in [-0.4, -0.2) is 17.9 Å². The van der Waals surface area contributed by atoms with E-state index in [-0.39, 0.29) is 12.4 Å². The zero-order valence-electron chi connectivity index (χ0n) is 11.8. The van der Waals surface area contributed by atoms with Gasteiger partial charge in [0.05, 0.1) is 7.11 Å². The summed E-state index contributed by atoms with van der Waals surface area (Å²) in [6, 6.07) is 10.4. The highest BCUT2D eigenvalue weighted by Crippen LogP contribution is 2.29. The van der Waals surface area contributed by atoms with Crippen molar-refractivity contribution >= 4 is 5.78 Å². The minimum absolute atomic E-state index is 0.0346. The molecule has 0 saturated heterocycles. The third-order valence-electron chi connectivity index (χ3n) is 2.90. The molecule has 1 aromatic heterocycles. The van der Waals surface area contributed by atoms with Crippen molar-refractivity contribution in [3.05, 3.63) is 53.3 Å². The average Bonchev–Trinajstić information content (AvgIpc) is 2.52. The SMILES string of the molecule is COc1cc(C(C)=O)ccc1OCc1ccnc(C#N)c1. The highest BCUT2D eigenvalue weighted by Gasteiger charge is 2.08. The van der Waals surface area contributed by atoms with Gasteiger partial charge in [0.25, 0.3) is 0 Å². The van der Waals surface area contributed by atoms with Crippen molar-refractivity contribution in [3.8, 4) is 17.6 Å². The standard InChI is InChI=1S/C16H14N2O3/c1-11(19)13-3-4-15(16(8-13)20-2)21-10-12-5-6-18-14(7-12)9-17/h3-8H,10H2,1-2H3. The number of hydrogen-bond acceptors (Lipinski definition) is 5. The average molecular weight is 282 g/mol. The van der Waals surface area contributed by atoms with Crippen LogP contribution < -0.4 is 9.47 Å². The largest absolute Gasteiger partial charge is 0.493 e. The van der Waals surface area contributed by atoms with Crippen LogP contribution in [0.4, 0.5) is 0 Å². The molecule has 0 saturated carbocycles. The Hall–Kier alpha value is -2.87. The van der Waals surface area contributed by atoms with Gasteiger partial charge in [0.15, 0.2) is 17.3 Å². The summed E-state index contributed by atoms with van der Waals surface area (Å²) < 4.78 is 10.9. The van der Waals surface area contributed by atoms with Gasteiger partial charge in [-0.25, -0.2) is 4.98 Å². The molecular formula is C16H14N2O3. The Morgan fingerprint density at radius 2 is 2.10 bits per heavy atom. The van der Waals surface area contributed by atoms with Gasteiger partial charge in [-0.05, 0) is 42.8 Å². The molecule has 5 heteroatoms. The first kappa shape index (κ1) is 14.5. The van der Waals surface area contributed by atoms with Gasteiger partial charge in [-0.3, -0.25) is 4.79 Å². The first-order chi connectivity index (χ1) is 10.1. The van der Waals surface area contributed by atoms with Gasteiger partial charge < -0.3 is 9.47 Å². The topological polar surface area (TPSA) is 72.2 Å². The molecule has 0 fully saturated rings. The predicted molar refractivity (Wildman–Crippen MR) is 76.3 cm³/mol. The summed E-state index contributed by atoms with van der Waals surface area (Å²) in [5.41, 5.74) is 1.74. The Labute approximate surface area is 122 Å². The Balaban J connectivity index is 2.16. The number of ketones is 1. The van der Waals surface area contributed by atoms with Crippen LogP contribution in [-0.2, 0) is 6.61 Å². The lowest BCUT2D eigenvalue weighted by Crippen LogP contribution is -2.00. The van der Waals surface area contributed by atoms with Gasteiger partial charge >= 0.3 is 0 Å². The molecule has 1 aromatic carbocycles. The van der Waals surface area contributed by atoms with Gasteiger partial charge in [0.2, 0.25) is 0 Å². The molecule has 21 heavy (non-hydrogen) atoms. The number of nitriles is 1. The maximum Gasteiger partial charge on any atom is 0.161 e. The third kappa shape index (κ3) is 3.57. The molecule has 0 aliphatic heterocycles. The summed E-state index contributed by atoms with van der Waals surface area (Å²) in [6.45, 7) is 1.78. The van der Waals surface area contributed by atoms with Crippen LogP contribution in [0.5, 0.6) is 11.5 Å². The molecule has 1 heterocycles. The Kier molecular flexibility index (Phi) is 4.52. The molecule has 0 amide bonds. The van der Waals surface area contributed by atoms with Crippen molar-refractivity contribution < 1.29 is 14.3 Å². The lowest BCUT2D eigenvalue weighted by Gasteiger charge is -2.11. The Bertz CT molecular complexity index is 705. The van der Waals surface area contributed by atoms with Crippen LogP contribution in [0, 0.1) is 11.3 Å². The minimum atomic E-state index is -0.0346. The van der Waals surface area contributed by atoms with E-state index in [1.165, 1.54) is 14.0 Å². The third-order valence-corrected chi connectivity index (χ3v) is 2.90. The van der Waals surface area contributed by atoms with Crippen molar-refractivity contribution in [2.75, 3.05) is 7.11 Å². The van der Waals surface area contributed by atoms with E-state index in [2.05, 4.69) is 4.98 Å². The van der Waals surface area contributed by atoms with Gasteiger partial charge in [0, 0.05) is 11.8 Å². The molecule has 0 atom stereocenters. The quantitative estimate of drug-likeness (QED) is 0.788. The second kappa shape index (κ2) is 6.53. The molecule has 0 radical (unpaired) electrons. The molecule has 0 N–H and O–H groups in total. The number of carbonyl (C=O) groups is 1. The Morgan fingerprint density at radius 3 is 2.76 bits per heavy atom. The van der Waals surface area contributed by atoms with E-state index in [9.17, 15) is 4.79 Å². The van der Waals surface area contributed by atoms with Crippen LogP contribution in [0.25, 0.3) is 0 Å². The minimum Gasteiger partial charge on any atom is -0.493 e. The number of nitrogens with zero attached hydrogens (tertiary/aromatic N) is 2. The number of rotatable bonds is 5. The van der Waals surface area contributed by atoms with E-state index in [4.69, 9.17) is 14.7 Å². The number of hydrogen-bond donors (Lipinski definition) is 0. The number of Topliss-reactive ketones (excluding diaryl/α,β-unsaturated/α-hetero) is 1. The van der Waals surface area contributed by atoms with E-state index in [1.807, 2.05) is 6.07 Å². The number of carbonyl (C=O) groups excluding carboxylic acids is 1. The van der Waals surface area contributed by atoms with E-state index in [1.54, 1.807) is 36.5 Å². The van der Waals surface area contributed by atoms with Gasteiger partial charge in [-0.15, -0.1) is 0 Å². The summed E-state index contributed by atoms with van der Waals surface area (Å²) >= 11 is 0. The van der Waals surface area contributed by atoms with Crippen LogP contribution >= 0.6 is 0 Å². The molecule has 0 aliphatic carbocycles. The summed E-state index contributed by atoms with van der Waals surface area (Å²) in [5, 5.41) is 8.81. The molecule has 0 spiro atoms. The zero-order valence-corrected chi connectivity index (χ0v) is 11.8. The summed E-state index contributed by atoms with van der Waals surface area (Å²) in [7, 11) is 1.52. The van der Waals surface area contributed by atoms with E-state index in [0.29, 0.717) is 22.8 Å². The van der Waals surface area contributed by atoms with Crippen LogP contribution in [0.15, 0.2) is 36.5 Å². The highest BCUT2D eigenvalue weighted by molar-refractivity contribution is 5.94. The summed E-state index contributed by atoms with van der Waals surface area (Å²) in [5.74, 6) is 1.00. The van der Waals surface area contributed by atoms with Crippen molar-refractivity contribution in [2.45, 2.75) is 13.5 Å². The number of pyridine rings is 1. The number of ether oxygens (including phenoxy) is 2. The molecular weight excluding hydrogens is 268 g/mol. The summed E-state index contributed by atoms with van der Waals surface area (Å²) in [6.07, 6.45) is 1.56. The fourth-order valence-corrected chi connectivity index (χ4v) is 1.79. The maximum absolute atomic E-state index is 11.3. The smallest absolute Gasteiger partial charge is 0.161 e. The molecule has 106 valence electrons. The van der Waals surface area contributed by atoms with Crippen molar-refractivity contribution in [2.24, 2.45) is 0 Å². The first-order valence-electron chi connectivity index (χ1n) is 6.31. The van der Waals surface area contributed by atoms with Crippen molar-refractivity contribution in [1.82, 2.24) is 4.98 Å². The fraction of sp³-hybridized carbons (Fsp3) is 0.188. The molecule has 5 nitrogen and oxygen atoms in total.